The number of hydrogen-bond donors (Lipinski definition) is 1. The van der Waals surface area contributed by atoms with Crippen molar-refractivity contribution in [1.29, 1.82) is 0 Å². The van der Waals surface area contributed by atoms with Crippen LogP contribution in [0.2, 0.25) is 18.1 Å². The van der Waals surface area contributed by atoms with Gasteiger partial charge in [0.25, 0.3) is 0 Å². The summed E-state index contributed by atoms with van der Waals surface area (Å²) in [6.07, 6.45) is 3.57. The Bertz CT molecular complexity index is 348. The van der Waals surface area contributed by atoms with Crippen LogP contribution in [0.4, 0.5) is 0 Å². The molecule has 2 N–H and O–H groups in total. The van der Waals surface area contributed by atoms with Crippen molar-refractivity contribution in [2.45, 2.75) is 70.3 Å². The zero-order valence-corrected chi connectivity index (χ0v) is 16.1. The first-order valence-electron chi connectivity index (χ1n) is 7.24. The maximum atomic E-state index is 11.6. The Balaban J connectivity index is 4.73. The normalized spacial score (nSPS) is 16.8. The first-order valence-corrected chi connectivity index (χ1v) is 11.4. The molecule has 0 amide bonds. The van der Waals surface area contributed by atoms with Gasteiger partial charge in [-0.1, -0.05) is 26.8 Å². The van der Waals surface area contributed by atoms with Crippen LogP contribution in [0.5, 0.6) is 0 Å². The summed E-state index contributed by atoms with van der Waals surface area (Å²) >= 11 is 0. The molecular weight excluding hydrogens is 286 g/mol. The van der Waals surface area contributed by atoms with Gasteiger partial charge in [-0.15, -0.1) is 6.58 Å². The van der Waals surface area contributed by atoms with Crippen LogP contribution < -0.4 is 5.14 Å². The molecule has 120 valence electrons. The van der Waals surface area contributed by atoms with E-state index in [1.807, 2.05) is 19.9 Å². The van der Waals surface area contributed by atoms with E-state index >= 15 is 0 Å². The third-order valence-corrected chi connectivity index (χ3v) is 10.1. The van der Waals surface area contributed by atoms with Gasteiger partial charge in [0.15, 0.2) is 8.32 Å². The van der Waals surface area contributed by atoms with Gasteiger partial charge >= 0.3 is 0 Å². The quantitative estimate of drug-likeness (QED) is 0.543. The van der Waals surface area contributed by atoms with Crippen LogP contribution in [-0.2, 0) is 15.4 Å². The summed E-state index contributed by atoms with van der Waals surface area (Å²) < 4.78 is 17.5. The molecule has 0 saturated carbocycles. The minimum absolute atomic E-state index is 0.206. The highest BCUT2D eigenvalue weighted by Crippen LogP contribution is 2.37. The van der Waals surface area contributed by atoms with Crippen molar-refractivity contribution >= 4 is 19.3 Å². The standard InChI is InChI=1S/C15H33NO2SSi/c1-9-10-13(11-15(5,6)19(16)17)12-18-20(7,8)14(2,3)4/h9,13H,1,10-12,16H2,2-8H3/t13-,19?/m1/s1. The second kappa shape index (κ2) is 7.34. The topological polar surface area (TPSA) is 52.3 Å². The van der Waals surface area contributed by atoms with Crippen molar-refractivity contribution in [3.8, 4) is 0 Å². The van der Waals surface area contributed by atoms with Gasteiger partial charge in [0.05, 0.1) is 15.7 Å². The molecule has 0 rings (SSSR count). The Kier molecular flexibility index (Phi) is 7.35. The summed E-state index contributed by atoms with van der Waals surface area (Å²) in [4.78, 5) is 0. The lowest BCUT2D eigenvalue weighted by Gasteiger charge is -2.38. The Hall–Kier alpha value is 0.0269. The maximum absolute atomic E-state index is 11.6. The first-order chi connectivity index (χ1) is 8.83. The van der Waals surface area contributed by atoms with Gasteiger partial charge in [-0.25, -0.2) is 4.21 Å². The molecule has 0 aromatic rings. The summed E-state index contributed by atoms with van der Waals surface area (Å²) in [5, 5.41) is 5.79. The zero-order chi connectivity index (χ0) is 16.2. The number of nitrogens with two attached hydrogens (primary N) is 1. The predicted octanol–water partition coefficient (Wildman–Crippen LogP) is 3.99. The lowest BCUT2D eigenvalue weighted by atomic mass is 9.94. The van der Waals surface area contributed by atoms with Crippen molar-refractivity contribution in [3.05, 3.63) is 12.7 Å². The van der Waals surface area contributed by atoms with E-state index in [1.54, 1.807) is 0 Å². The number of allylic oxidation sites excluding steroid dienone is 1. The van der Waals surface area contributed by atoms with E-state index < -0.39 is 19.3 Å². The second-order valence-corrected chi connectivity index (χ2v) is 14.2. The highest BCUT2D eigenvalue weighted by Gasteiger charge is 2.38. The molecule has 1 unspecified atom stereocenters. The summed E-state index contributed by atoms with van der Waals surface area (Å²) in [6, 6.07) is 0. The fourth-order valence-electron chi connectivity index (χ4n) is 1.77. The molecular formula is C15H33NO2SSi. The minimum Gasteiger partial charge on any atom is -0.417 e. The van der Waals surface area contributed by atoms with Crippen molar-refractivity contribution in [1.82, 2.24) is 0 Å². The second-order valence-electron chi connectivity index (χ2n) is 7.72. The van der Waals surface area contributed by atoms with Crippen LogP contribution in [0.25, 0.3) is 0 Å². The molecule has 0 aliphatic carbocycles. The van der Waals surface area contributed by atoms with Crippen LogP contribution in [0, 0.1) is 5.92 Å². The highest BCUT2D eigenvalue weighted by atomic mass is 32.2. The smallest absolute Gasteiger partial charge is 0.191 e. The molecule has 0 aromatic heterocycles. The fraction of sp³-hybridized carbons (Fsp3) is 0.867. The van der Waals surface area contributed by atoms with E-state index in [2.05, 4.69) is 40.4 Å². The van der Waals surface area contributed by atoms with E-state index in [4.69, 9.17) is 9.56 Å². The van der Waals surface area contributed by atoms with Crippen molar-refractivity contribution in [3.63, 3.8) is 0 Å². The predicted molar refractivity (Wildman–Crippen MR) is 92.5 cm³/mol. The lowest BCUT2D eigenvalue weighted by Crippen LogP contribution is -2.43. The Morgan fingerprint density at radius 1 is 1.30 bits per heavy atom. The van der Waals surface area contributed by atoms with Gasteiger partial charge in [0.1, 0.15) is 0 Å². The van der Waals surface area contributed by atoms with Crippen molar-refractivity contribution < 1.29 is 8.63 Å². The molecule has 0 aromatic carbocycles. The third-order valence-electron chi connectivity index (χ3n) is 4.31. The molecule has 0 radical (unpaired) electrons. The summed E-state index contributed by atoms with van der Waals surface area (Å²) in [6.45, 7) is 19.6. The van der Waals surface area contributed by atoms with Gasteiger partial charge in [0, 0.05) is 6.61 Å². The van der Waals surface area contributed by atoms with E-state index in [1.165, 1.54) is 0 Å². The summed E-state index contributed by atoms with van der Waals surface area (Å²) in [5.41, 5.74) is 0. The molecule has 0 aliphatic heterocycles. The van der Waals surface area contributed by atoms with Gasteiger partial charge in [0.2, 0.25) is 0 Å². The third kappa shape index (κ3) is 6.20. The molecule has 2 atom stereocenters. The Morgan fingerprint density at radius 2 is 1.80 bits per heavy atom. The van der Waals surface area contributed by atoms with Gasteiger partial charge in [-0.3, -0.25) is 5.14 Å². The zero-order valence-electron chi connectivity index (χ0n) is 14.3. The van der Waals surface area contributed by atoms with E-state index in [0.717, 1.165) is 12.8 Å². The molecule has 3 nitrogen and oxygen atoms in total. The number of rotatable bonds is 8. The van der Waals surface area contributed by atoms with Crippen molar-refractivity contribution in [2.24, 2.45) is 11.1 Å². The molecule has 0 bridgehead atoms. The van der Waals surface area contributed by atoms with Crippen molar-refractivity contribution in [2.75, 3.05) is 6.61 Å². The van der Waals surface area contributed by atoms with Gasteiger partial charge in [-0.2, -0.15) is 0 Å². The van der Waals surface area contributed by atoms with Crippen LogP contribution in [0.15, 0.2) is 12.7 Å². The number of hydrogen-bond acceptors (Lipinski definition) is 2. The first kappa shape index (κ1) is 20.0. The maximum Gasteiger partial charge on any atom is 0.191 e. The molecule has 0 heterocycles. The molecule has 0 fully saturated rings. The highest BCUT2D eigenvalue weighted by molar-refractivity contribution is 7.84. The molecule has 0 saturated heterocycles. The van der Waals surface area contributed by atoms with E-state index in [-0.39, 0.29) is 9.79 Å². The van der Waals surface area contributed by atoms with Gasteiger partial charge < -0.3 is 4.43 Å². The molecule has 0 spiro atoms. The van der Waals surface area contributed by atoms with Gasteiger partial charge in [-0.05, 0) is 50.7 Å². The Labute approximate surface area is 129 Å². The largest absolute Gasteiger partial charge is 0.417 e. The van der Waals surface area contributed by atoms with Crippen LogP contribution in [0.1, 0.15) is 47.5 Å². The Morgan fingerprint density at radius 3 is 2.15 bits per heavy atom. The minimum atomic E-state index is -1.74. The summed E-state index contributed by atoms with van der Waals surface area (Å²) in [7, 11) is -3.06. The SMILES string of the molecule is C=CC[C@@H](CO[Si](C)(C)C(C)(C)C)CC(C)(C)S(N)=O. The van der Waals surface area contributed by atoms with Crippen LogP contribution in [0.3, 0.4) is 0 Å². The average molecular weight is 320 g/mol. The molecule has 20 heavy (non-hydrogen) atoms. The van der Waals surface area contributed by atoms with E-state index in [0.29, 0.717) is 12.5 Å². The lowest BCUT2D eigenvalue weighted by molar-refractivity contribution is 0.213. The van der Waals surface area contributed by atoms with Crippen LogP contribution >= 0.6 is 0 Å². The fourth-order valence-corrected chi connectivity index (χ4v) is 3.25. The molecule has 0 aliphatic rings. The molecule has 5 heteroatoms. The van der Waals surface area contributed by atoms with E-state index in [9.17, 15) is 4.21 Å². The average Bonchev–Trinajstić information content (AvgIpc) is 2.24. The monoisotopic (exact) mass is 319 g/mol. The van der Waals surface area contributed by atoms with Crippen LogP contribution in [-0.4, -0.2) is 23.9 Å². The summed E-state index contributed by atoms with van der Waals surface area (Å²) in [5.74, 6) is 0.323.